The summed E-state index contributed by atoms with van der Waals surface area (Å²) in [6.07, 6.45) is 0. The molecule has 28 heavy (non-hydrogen) atoms. The summed E-state index contributed by atoms with van der Waals surface area (Å²) in [6, 6.07) is 12.1. The molecule has 0 radical (unpaired) electrons. The van der Waals surface area contributed by atoms with Crippen LogP contribution in [0.1, 0.15) is 5.56 Å². The molecule has 1 amide bonds. The standard InChI is InChI=1S/C18H21N3O5S.ClH/c1-25-16-9-14-15(26-12-18(22)20-14)10-17(16)27(23,24)21(8-7-19)11-13-5-3-2-4-6-13;/h2-6,9-10H,7-8,11-12,19H2,1H3,(H,20,22);1H. The van der Waals surface area contributed by atoms with Crippen LogP contribution >= 0.6 is 12.4 Å². The molecule has 0 spiro atoms. The molecule has 10 heteroatoms. The lowest BCUT2D eigenvalue weighted by Crippen LogP contribution is -2.35. The Morgan fingerprint density at radius 2 is 1.96 bits per heavy atom. The van der Waals surface area contributed by atoms with Crippen molar-refractivity contribution in [1.82, 2.24) is 4.31 Å². The maximum Gasteiger partial charge on any atom is 0.262 e. The fourth-order valence-electron chi connectivity index (χ4n) is 2.80. The summed E-state index contributed by atoms with van der Waals surface area (Å²) >= 11 is 0. The molecule has 0 saturated heterocycles. The fourth-order valence-corrected chi connectivity index (χ4v) is 4.40. The van der Waals surface area contributed by atoms with Crippen molar-refractivity contribution in [2.24, 2.45) is 5.73 Å². The number of anilines is 1. The Bertz CT molecular complexity index is 938. The molecule has 152 valence electrons. The third kappa shape index (κ3) is 4.56. The van der Waals surface area contributed by atoms with Crippen molar-refractivity contribution in [1.29, 1.82) is 0 Å². The van der Waals surface area contributed by atoms with Crippen LogP contribution in [0.15, 0.2) is 47.4 Å². The van der Waals surface area contributed by atoms with Gasteiger partial charge in [0.05, 0.1) is 12.8 Å². The van der Waals surface area contributed by atoms with Gasteiger partial charge in [0.1, 0.15) is 16.4 Å². The first-order valence-electron chi connectivity index (χ1n) is 8.34. The van der Waals surface area contributed by atoms with Crippen molar-refractivity contribution in [3.05, 3.63) is 48.0 Å². The topological polar surface area (TPSA) is 111 Å². The normalized spacial score (nSPS) is 13.2. The number of nitrogens with two attached hydrogens (primary N) is 1. The van der Waals surface area contributed by atoms with E-state index in [1.807, 2.05) is 30.3 Å². The number of carbonyl (C=O) groups excluding carboxylic acids is 1. The highest BCUT2D eigenvalue weighted by molar-refractivity contribution is 7.89. The number of amides is 1. The van der Waals surface area contributed by atoms with Crippen LogP contribution in [-0.4, -0.2) is 45.4 Å². The third-order valence-corrected chi connectivity index (χ3v) is 5.96. The van der Waals surface area contributed by atoms with Crippen molar-refractivity contribution in [3.8, 4) is 11.5 Å². The zero-order chi connectivity index (χ0) is 19.4. The van der Waals surface area contributed by atoms with Gasteiger partial charge in [-0.05, 0) is 5.56 Å². The molecular weight excluding hydrogens is 406 g/mol. The number of sulfonamides is 1. The molecule has 0 bridgehead atoms. The zero-order valence-electron chi connectivity index (χ0n) is 15.3. The van der Waals surface area contributed by atoms with Crippen molar-refractivity contribution in [3.63, 3.8) is 0 Å². The summed E-state index contributed by atoms with van der Waals surface area (Å²) in [7, 11) is -2.54. The first kappa shape index (κ1) is 22.0. The van der Waals surface area contributed by atoms with Gasteiger partial charge in [-0.15, -0.1) is 12.4 Å². The smallest absolute Gasteiger partial charge is 0.262 e. The second-order valence-corrected chi connectivity index (χ2v) is 7.86. The first-order chi connectivity index (χ1) is 13.0. The van der Waals surface area contributed by atoms with Gasteiger partial charge in [-0.3, -0.25) is 4.79 Å². The number of hydrogen-bond acceptors (Lipinski definition) is 6. The molecule has 0 atom stereocenters. The lowest BCUT2D eigenvalue weighted by molar-refractivity contribution is -0.118. The van der Waals surface area contributed by atoms with Gasteiger partial charge < -0.3 is 20.5 Å². The van der Waals surface area contributed by atoms with E-state index in [2.05, 4.69) is 5.32 Å². The number of nitrogens with zero attached hydrogens (tertiary/aromatic N) is 1. The Balaban J connectivity index is 0.00000280. The van der Waals surface area contributed by atoms with Crippen LogP contribution in [0, 0.1) is 0 Å². The second-order valence-electron chi connectivity index (χ2n) is 5.95. The van der Waals surface area contributed by atoms with E-state index in [0.717, 1.165) is 5.56 Å². The lowest BCUT2D eigenvalue weighted by atomic mass is 10.2. The Labute approximate surface area is 170 Å². The number of halogens is 1. The molecule has 1 aliphatic heterocycles. The van der Waals surface area contributed by atoms with Gasteiger partial charge in [0.2, 0.25) is 10.0 Å². The number of carbonyl (C=O) groups is 1. The second kappa shape index (κ2) is 9.24. The van der Waals surface area contributed by atoms with Crippen LogP contribution in [0.4, 0.5) is 5.69 Å². The summed E-state index contributed by atoms with van der Waals surface area (Å²) in [5.41, 5.74) is 6.86. The van der Waals surface area contributed by atoms with Gasteiger partial charge >= 0.3 is 0 Å². The van der Waals surface area contributed by atoms with Gasteiger partial charge in [0, 0.05) is 31.8 Å². The number of hydrogen-bond donors (Lipinski definition) is 2. The van der Waals surface area contributed by atoms with Crippen molar-refractivity contribution < 1.29 is 22.7 Å². The summed E-state index contributed by atoms with van der Waals surface area (Å²) in [6.45, 7) is 0.328. The average Bonchev–Trinajstić information content (AvgIpc) is 2.67. The van der Waals surface area contributed by atoms with E-state index in [1.165, 1.54) is 23.5 Å². The largest absolute Gasteiger partial charge is 0.495 e. The van der Waals surface area contributed by atoms with Gasteiger partial charge in [-0.25, -0.2) is 8.42 Å². The zero-order valence-corrected chi connectivity index (χ0v) is 16.9. The highest BCUT2D eigenvalue weighted by atomic mass is 35.5. The minimum Gasteiger partial charge on any atom is -0.495 e. The predicted octanol–water partition coefficient (Wildman–Crippen LogP) is 1.60. The van der Waals surface area contributed by atoms with Crippen LogP contribution < -0.4 is 20.5 Å². The number of nitrogens with one attached hydrogen (secondary N) is 1. The van der Waals surface area contributed by atoms with Crippen molar-refractivity contribution >= 4 is 34.0 Å². The molecular formula is C18H22ClN3O5S. The summed E-state index contributed by atoms with van der Waals surface area (Å²) < 4.78 is 38.5. The van der Waals surface area contributed by atoms with Gasteiger partial charge in [0.25, 0.3) is 5.91 Å². The minimum atomic E-state index is -3.92. The van der Waals surface area contributed by atoms with E-state index in [9.17, 15) is 13.2 Å². The lowest BCUT2D eigenvalue weighted by Gasteiger charge is -2.25. The third-order valence-electron chi connectivity index (χ3n) is 4.10. The average molecular weight is 428 g/mol. The molecule has 8 nitrogen and oxygen atoms in total. The highest BCUT2D eigenvalue weighted by Gasteiger charge is 2.30. The Kier molecular flexibility index (Phi) is 7.25. The number of benzene rings is 2. The molecule has 3 N–H and O–H groups in total. The molecule has 0 unspecified atom stereocenters. The molecule has 0 saturated carbocycles. The Hall–Kier alpha value is -2.33. The fraction of sp³-hybridized carbons (Fsp3) is 0.278. The van der Waals surface area contributed by atoms with Crippen LogP contribution in [0.2, 0.25) is 0 Å². The predicted molar refractivity (Wildman–Crippen MR) is 107 cm³/mol. The monoisotopic (exact) mass is 427 g/mol. The number of rotatable bonds is 7. The van der Waals surface area contributed by atoms with E-state index in [0.29, 0.717) is 5.69 Å². The molecule has 2 aromatic carbocycles. The maximum absolute atomic E-state index is 13.3. The number of fused-ring (bicyclic) bond motifs is 1. The van der Waals surface area contributed by atoms with Crippen molar-refractivity contribution in [2.45, 2.75) is 11.4 Å². The highest BCUT2D eigenvalue weighted by Crippen LogP contribution is 2.38. The van der Waals surface area contributed by atoms with E-state index in [-0.39, 0.29) is 60.9 Å². The maximum atomic E-state index is 13.3. The van der Waals surface area contributed by atoms with Crippen LogP contribution in [0.5, 0.6) is 11.5 Å². The molecule has 0 fully saturated rings. The molecule has 0 aromatic heterocycles. The van der Waals surface area contributed by atoms with Gasteiger partial charge in [-0.2, -0.15) is 4.31 Å². The SMILES string of the molecule is COc1cc2c(cc1S(=O)(=O)N(CCN)Cc1ccccc1)OCC(=O)N2.Cl. The van der Waals surface area contributed by atoms with E-state index >= 15 is 0 Å². The first-order valence-corrected chi connectivity index (χ1v) is 9.78. The van der Waals surface area contributed by atoms with Crippen LogP contribution in [-0.2, 0) is 21.4 Å². The molecule has 1 aliphatic rings. The van der Waals surface area contributed by atoms with Crippen molar-refractivity contribution in [2.75, 3.05) is 32.1 Å². The molecule has 3 rings (SSSR count). The van der Waals surface area contributed by atoms with Gasteiger partial charge in [0.15, 0.2) is 6.61 Å². The summed E-state index contributed by atoms with van der Waals surface area (Å²) in [5.74, 6) is 0.0880. The summed E-state index contributed by atoms with van der Waals surface area (Å²) in [5, 5.41) is 2.64. The summed E-state index contributed by atoms with van der Waals surface area (Å²) in [4.78, 5) is 11.4. The van der Waals surface area contributed by atoms with Crippen LogP contribution in [0.3, 0.4) is 0 Å². The Morgan fingerprint density at radius 1 is 1.25 bits per heavy atom. The minimum absolute atomic E-state index is 0. The van der Waals surface area contributed by atoms with E-state index < -0.39 is 10.0 Å². The molecule has 2 aromatic rings. The van der Waals surface area contributed by atoms with E-state index in [4.69, 9.17) is 15.2 Å². The number of methoxy groups -OCH3 is 1. The quantitative estimate of drug-likeness (QED) is 0.694. The Morgan fingerprint density at radius 3 is 2.61 bits per heavy atom. The van der Waals surface area contributed by atoms with Gasteiger partial charge in [-0.1, -0.05) is 30.3 Å². The van der Waals surface area contributed by atoms with E-state index in [1.54, 1.807) is 0 Å². The number of ether oxygens (including phenoxy) is 2. The van der Waals surface area contributed by atoms with Crippen LogP contribution in [0.25, 0.3) is 0 Å². The molecule has 0 aliphatic carbocycles. The molecule has 1 heterocycles.